The van der Waals surface area contributed by atoms with E-state index in [1.165, 1.54) is 4.31 Å². The van der Waals surface area contributed by atoms with Crippen molar-refractivity contribution >= 4 is 10.2 Å². The smallest absolute Gasteiger partial charge is 0.266 e. The summed E-state index contributed by atoms with van der Waals surface area (Å²) in [6.07, 6.45) is 5.92. The first-order valence-corrected chi connectivity index (χ1v) is 9.74. The molecule has 0 spiro atoms. The van der Waals surface area contributed by atoms with E-state index >= 15 is 0 Å². The Balaban J connectivity index is 1.73. The Bertz CT molecular complexity index is 833. The minimum atomic E-state index is -3.35. The fraction of sp³-hybridized carbons (Fsp3) is 0.562. The molecule has 2 aromatic rings. The maximum atomic E-state index is 12.3. The highest BCUT2D eigenvalue weighted by Crippen LogP contribution is 2.24. The van der Waals surface area contributed by atoms with E-state index in [1.54, 1.807) is 35.6 Å². The molecule has 1 fully saturated rings. The monoisotopic (exact) mass is 364 g/mol. The molecule has 0 N–H and O–H groups in total. The fourth-order valence-corrected chi connectivity index (χ4v) is 4.43. The van der Waals surface area contributed by atoms with Gasteiger partial charge in [-0.15, -0.1) is 0 Å². The lowest BCUT2D eigenvalue weighted by Gasteiger charge is -2.33. The zero-order valence-electron chi connectivity index (χ0n) is 14.8. The first-order valence-electron chi connectivity index (χ1n) is 8.35. The maximum absolute atomic E-state index is 12.3. The standard InChI is InChI=1S/C16H24N6O2S/c1-20(2)25(23,24)22-8-4-5-13(11-22)9-14-10-15(18-12-17-14)16-6-7-19-21(16)3/h6-7,10,12-13H,4-5,8-9,11H2,1-3H3. The highest BCUT2D eigenvalue weighted by Gasteiger charge is 2.30. The summed E-state index contributed by atoms with van der Waals surface area (Å²) < 4.78 is 29.3. The molecule has 3 heterocycles. The number of aryl methyl sites for hydroxylation is 1. The van der Waals surface area contributed by atoms with E-state index in [1.807, 2.05) is 19.2 Å². The zero-order valence-corrected chi connectivity index (χ0v) is 15.6. The molecule has 0 saturated carbocycles. The summed E-state index contributed by atoms with van der Waals surface area (Å²) in [4.78, 5) is 8.70. The Kier molecular flexibility index (Phi) is 5.16. The van der Waals surface area contributed by atoms with Gasteiger partial charge in [-0.05, 0) is 37.3 Å². The Hall–Kier alpha value is -1.84. The van der Waals surface area contributed by atoms with Crippen molar-refractivity contribution in [2.24, 2.45) is 13.0 Å². The molecule has 25 heavy (non-hydrogen) atoms. The lowest BCUT2D eigenvalue weighted by atomic mass is 9.94. The lowest BCUT2D eigenvalue weighted by molar-refractivity contribution is 0.253. The molecule has 0 bridgehead atoms. The van der Waals surface area contributed by atoms with Gasteiger partial charge in [0.15, 0.2) is 0 Å². The van der Waals surface area contributed by atoms with Crippen molar-refractivity contribution in [3.05, 3.63) is 30.4 Å². The third-order valence-corrected chi connectivity index (χ3v) is 6.48. The molecule has 1 saturated heterocycles. The van der Waals surface area contributed by atoms with Gasteiger partial charge >= 0.3 is 0 Å². The number of hydrogen-bond acceptors (Lipinski definition) is 5. The molecule has 9 heteroatoms. The van der Waals surface area contributed by atoms with Crippen LogP contribution in [0, 0.1) is 5.92 Å². The van der Waals surface area contributed by atoms with Crippen LogP contribution in [0.3, 0.4) is 0 Å². The van der Waals surface area contributed by atoms with Crippen LogP contribution in [-0.4, -0.2) is 64.0 Å². The Morgan fingerprint density at radius 2 is 2.12 bits per heavy atom. The second-order valence-electron chi connectivity index (χ2n) is 6.60. The van der Waals surface area contributed by atoms with Gasteiger partial charge in [0.05, 0.1) is 11.4 Å². The van der Waals surface area contributed by atoms with Crippen LogP contribution in [0.15, 0.2) is 24.7 Å². The summed E-state index contributed by atoms with van der Waals surface area (Å²) in [6.45, 7) is 1.12. The van der Waals surface area contributed by atoms with Gasteiger partial charge in [-0.2, -0.15) is 22.1 Å². The van der Waals surface area contributed by atoms with Gasteiger partial charge in [-0.3, -0.25) is 4.68 Å². The predicted molar refractivity (Wildman–Crippen MR) is 94.8 cm³/mol. The van der Waals surface area contributed by atoms with Crippen LogP contribution in [-0.2, 0) is 23.7 Å². The molecule has 0 radical (unpaired) electrons. The van der Waals surface area contributed by atoms with Gasteiger partial charge in [-0.1, -0.05) is 0 Å². The van der Waals surface area contributed by atoms with Crippen LogP contribution in [0.5, 0.6) is 0 Å². The highest BCUT2D eigenvalue weighted by atomic mass is 32.2. The average molecular weight is 364 g/mol. The van der Waals surface area contributed by atoms with Crippen molar-refractivity contribution in [3.63, 3.8) is 0 Å². The van der Waals surface area contributed by atoms with Crippen LogP contribution in [0.2, 0.25) is 0 Å². The third kappa shape index (κ3) is 3.88. The molecule has 1 unspecified atom stereocenters. The number of aromatic nitrogens is 4. The Morgan fingerprint density at radius 1 is 1.32 bits per heavy atom. The van der Waals surface area contributed by atoms with E-state index in [-0.39, 0.29) is 5.92 Å². The predicted octanol–water partition coefficient (Wildman–Crippen LogP) is 0.938. The number of rotatable bonds is 5. The molecular formula is C16H24N6O2S. The summed E-state index contributed by atoms with van der Waals surface area (Å²) in [5.74, 6) is 0.262. The Labute approximate surface area is 148 Å². The summed E-state index contributed by atoms with van der Waals surface area (Å²) in [5.41, 5.74) is 2.70. The summed E-state index contributed by atoms with van der Waals surface area (Å²) in [7, 11) is 1.67. The van der Waals surface area contributed by atoms with Gasteiger partial charge in [0.2, 0.25) is 0 Å². The topological polar surface area (TPSA) is 84.2 Å². The molecule has 2 aromatic heterocycles. The van der Waals surface area contributed by atoms with Crippen molar-refractivity contribution in [2.75, 3.05) is 27.2 Å². The quantitative estimate of drug-likeness (QED) is 0.788. The van der Waals surface area contributed by atoms with E-state index in [4.69, 9.17) is 0 Å². The van der Waals surface area contributed by atoms with Crippen molar-refractivity contribution < 1.29 is 8.42 Å². The van der Waals surface area contributed by atoms with Gasteiger partial charge < -0.3 is 0 Å². The minimum Gasteiger partial charge on any atom is -0.266 e. The number of nitrogens with zero attached hydrogens (tertiary/aromatic N) is 6. The van der Waals surface area contributed by atoms with Gasteiger partial charge in [0, 0.05) is 46.1 Å². The van der Waals surface area contributed by atoms with E-state index in [2.05, 4.69) is 15.1 Å². The first kappa shape index (κ1) is 18.0. The van der Waals surface area contributed by atoms with E-state index in [0.29, 0.717) is 13.1 Å². The molecule has 3 rings (SSSR count). The van der Waals surface area contributed by atoms with Gasteiger partial charge in [-0.25, -0.2) is 9.97 Å². The van der Waals surface area contributed by atoms with Crippen LogP contribution < -0.4 is 0 Å². The normalized spacial score (nSPS) is 19.4. The minimum absolute atomic E-state index is 0.262. The van der Waals surface area contributed by atoms with Gasteiger partial charge in [0.1, 0.15) is 6.33 Å². The van der Waals surface area contributed by atoms with Crippen molar-refractivity contribution in [2.45, 2.75) is 19.3 Å². The summed E-state index contributed by atoms with van der Waals surface area (Å²) in [5, 5.41) is 4.17. The molecule has 136 valence electrons. The zero-order chi connectivity index (χ0) is 18.0. The molecule has 0 amide bonds. The van der Waals surface area contributed by atoms with Crippen molar-refractivity contribution in [3.8, 4) is 11.4 Å². The van der Waals surface area contributed by atoms with Crippen molar-refractivity contribution in [1.82, 2.24) is 28.4 Å². The number of piperidine rings is 1. The van der Waals surface area contributed by atoms with E-state index in [0.717, 1.165) is 36.3 Å². The highest BCUT2D eigenvalue weighted by molar-refractivity contribution is 7.86. The molecule has 1 aliphatic heterocycles. The lowest BCUT2D eigenvalue weighted by Crippen LogP contribution is -2.45. The first-order chi connectivity index (χ1) is 11.9. The summed E-state index contributed by atoms with van der Waals surface area (Å²) in [6, 6.07) is 3.88. The molecule has 0 aliphatic carbocycles. The van der Waals surface area contributed by atoms with E-state index in [9.17, 15) is 8.42 Å². The SMILES string of the molecule is CN(C)S(=O)(=O)N1CCCC(Cc2cc(-c3ccnn3C)ncn2)C1. The summed E-state index contributed by atoms with van der Waals surface area (Å²) >= 11 is 0. The second-order valence-corrected chi connectivity index (χ2v) is 8.74. The fourth-order valence-electron chi connectivity index (χ4n) is 3.20. The molecule has 0 aromatic carbocycles. The molecule has 8 nitrogen and oxygen atoms in total. The Morgan fingerprint density at radius 3 is 2.80 bits per heavy atom. The third-order valence-electron chi connectivity index (χ3n) is 4.57. The average Bonchev–Trinajstić information content (AvgIpc) is 3.01. The van der Waals surface area contributed by atoms with Crippen LogP contribution in [0.1, 0.15) is 18.5 Å². The van der Waals surface area contributed by atoms with Crippen LogP contribution >= 0.6 is 0 Å². The molecule has 1 aliphatic rings. The number of hydrogen-bond donors (Lipinski definition) is 0. The van der Waals surface area contributed by atoms with Crippen LogP contribution in [0.25, 0.3) is 11.4 Å². The molecule has 1 atom stereocenters. The molecular weight excluding hydrogens is 340 g/mol. The van der Waals surface area contributed by atoms with Crippen LogP contribution in [0.4, 0.5) is 0 Å². The van der Waals surface area contributed by atoms with Crippen molar-refractivity contribution in [1.29, 1.82) is 0 Å². The maximum Gasteiger partial charge on any atom is 0.281 e. The largest absolute Gasteiger partial charge is 0.281 e. The van der Waals surface area contributed by atoms with Gasteiger partial charge in [0.25, 0.3) is 10.2 Å². The van der Waals surface area contributed by atoms with E-state index < -0.39 is 10.2 Å². The second kappa shape index (κ2) is 7.19.